The molecule has 0 aromatic heterocycles. The molecule has 0 saturated carbocycles. The molecule has 5 heteroatoms. The van der Waals surface area contributed by atoms with Crippen molar-refractivity contribution in [1.29, 1.82) is 0 Å². The molecule has 1 atom stereocenters. The summed E-state index contributed by atoms with van der Waals surface area (Å²) in [5.74, 6) is 0.629. The summed E-state index contributed by atoms with van der Waals surface area (Å²) in [6, 6.07) is 9.74. The number of rotatable bonds is 8. The van der Waals surface area contributed by atoms with Crippen LogP contribution in [0.15, 0.2) is 30.3 Å². The molecule has 1 aromatic carbocycles. The second-order valence-corrected chi connectivity index (χ2v) is 7.02. The topological polar surface area (TPSA) is 37.4 Å². The van der Waals surface area contributed by atoms with Crippen LogP contribution >= 0.6 is 11.6 Å². The second-order valence-electron chi connectivity index (χ2n) is 4.62. The van der Waals surface area contributed by atoms with Crippen molar-refractivity contribution in [3.63, 3.8) is 0 Å². The standard InChI is InChI=1S/C14H22ClNO2S/c1-3-16(11-7-10-15)19(17,18)12-13(2)14-8-5-4-6-9-14/h4-6,8-9,13H,3,7,10-12H2,1-2H3. The van der Waals surface area contributed by atoms with E-state index in [1.54, 1.807) is 0 Å². The van der Waals surface area contributed by atoms with E-state index in [-0.39, 0.29) is 11.7 Å². The predicted octanol–water partition coefficient (Wildman–Crippen LogP) is 3.07. The van der Waals surface area contributed by atoms with E-state index in [9.17, 15) is 8.42 Å². The fourth-order valence-electron chi connectivity index (χ4n) is 2.03. The van der Waals surface area contributed by atoms with Gasteiger partial charge in [0, 0.05) is 19.0 Å². The first-order chi connectivity index (χ1) is 9.01. The zero-order valence-electron chi connectivity index (χ0n) is 11.5. The highest BCUT2D eigenvalue weighted by Crippen LogP contribution is 2.18. The first-order valence-corrected chi connectivity index (χ1v) is 8.74. The van der Waals surface area contributed by atoms with Crippen molar-refractivity contribution in [2.45, 2.75) is 26.2 Å². The molecular weight excluding hydrogens is 282 g/mol. The van der Waals surface area contributed by atoms with Crippen molar-refractivity contribution in [3.05, 3.63) is 35.9 Å². The van der Waals surface area contributed by atoms with E-state index in [1.807, 2.05) is 44.2 Å². The van der Waals surface area contributed by atoms with Crippen molar-refractivity contribution in [3.8, 4) is 0 Å². The van der Waals surface area contributed by atoms with E-state index in [0.29, 0.717) is 25.4 Å². The molecule has 0 aliphatic rings. The number of halogens is 1. The Morgan fingerprint density at radius 3 is 2.42 bits per heavy atom. The predicted molar refractivity (Wildman–Crippen MR) is 81.2 cm³/mol. The van der Waals surface area contributed by atoms with Gasteiger partial charge in [-0.2, -0.15) is 0 Å². The molecule has 0 heterocycles. The van der Waals surface area contributed by atoms with Crippen LogP contribution in [0.25, 0.3) is 0 Å². The van der Waals surface area contributed by atoms with Crippen LogP contribution < -0.4 is 0 Å². The Bertz CT molecular complexity index is 462. The van der Waals surface area contributed by atoms with Gasteiger partial charge in [0.15, 0.2) is 0 Å². The highest BCUT2D eigenvalue weighted by molar-refractivity contribution is 7.89. The summed E-state index contributed by atoms with van der Waals surface area (Å²) in [6.07, 6.45) is 0.689. The summed E-state index contributed by atoms with van der Waals surface area (Å²) in [5, 5.41) is 0. The smallest absolute Gasteiger partial charge is 0.212 e. The van der Waals surface area contributed by atoms with Crippen molar-refractivity contribution in [2.24, 2.45) is 0 Å². The van der Waals surface area contributed by atoms with Crippen LogP contribution in [-0.4, -0.2) is 37.4 Å². The third kappa shape index (κ3) is 5.13. The minimum absolute atomic E-state index is 0.00347. The molecule has 0 spiro atoms. The van der Waals surface area contributed by atoms with E-state index in [2.05, 4.69) is 0 Å². The van der Waals surface area contributed by atoms with Crippen molar-refractivity contribution in [1.82, 2.24) is 4.31 Å². The molecule has 0 radical (unpaired) electrons. The molecule has 1 rings (SSSR count). The molecule has 1 unspecified atom stereocenters. The fraction of sp³-hybridized carbons (Fsp3) is 0.571. The molecule has 0 N–H and O–H groups in total. The highest BCUT2D eigenvalue weighted by Gasteiger charge is 2.23. The summed E-state index contributed by atoms with van der Waals surface area (Å²) in [4.78, 5) is 0. The lowest BCUT2D eigenvalue weighted by atomic mass is 10.0. The lowest BCUT2D eigenvalue weighted by molar-refractivity contribution is 0.426. The number of hydrogen-bond acceptors (Lipinski definition) is 2. The number of alkyl halides is 1. The van der Waals surface area contributed by atoms with Gasteiger partial charge in [0.1, 0.15) is 0 Å². The molecule has 0 aliphatic carbocycles. The number of benzene rings is 1. The monoisotopic (exact) mass is 303 g/mol. The lowest BCUT2D eigenvalue weighted by Gasteiger charge is -2.22. The molecular formula is C14H22ClNO2S. The van der Waals surface area contributed by atoms with E-state index in [1.165, 1.54) is 4.31 Å². The van der Waals surface area contributed by atoms with Gasteiger partial charge in [-0.05, 0) is 17.9 Å². The van der Waals surface area contributed by atoms with E-state index < -0.39 is 10.0 Å². The third-order valence-corrected chi connectivity index (χ3v) is 5.53. The maximum Gasteiger partial charge on any atom is 0.214 e. The molecule has 1 aromatic rings. The fourth-order valence-corrected chi connectivity index (χ4v) is 3.98. The van der Waals surface area contributed by atoms with Crippen LogP contribution in [0.3, 0.4) is 0 Å². The summed E-state index contributed by atoms with van der Waals surface area (Å²) in [7, 11) is -3.22. The quantitative estimate of drug-likeness (QED) is 0.692. The summed E-state index contributed by atoms with van der Waals surface area (Å²) >= 11 is 5.63. The lowest BCUT2D eigenvalue weighted by Crippen LogP contribution is -2.35. The van der Waals surface area contributed by atoms with Gasteiger partial charge in [0.25, 0.3) is 0 Å². The SMILES string of the molecule is CCN(CCCCl)S(=O)(=O)CC(C)c1ccccc1. The molecule has 19 heavy (non-hydrogen) atoms. The number of hydrogen-bond donors (Lipinski definition) is 0. The molecule has 0 fully saturated rings. The number of nitrogens with zero attached hydrogens (tertiary/aromatic N) is 1. The van der Waals surface area contributed by atoms with Gasteiger partial charge >= 0.3 is 0 Å². The van der Waals surface area contributed by atoms with Gasteiger partial charge in [-0.3, -0.25) is 0 Å². The third-order valence-electron chi connectivity index (χ3n) is 3.12. The second kappa shape index (κ2) is 7.88. The Morgan fingerprint density at radius 2 is 1.89 bits per heavy atom. The minimum Gasteiger partial charge on any atom is -0.212 e. The van der Waals surface area contributed by atoms with Gasteiger partial charge in [0.05, 0.1) is 5.75 Å². The Morgan fingerprint density at radius 1 is 1.26 bits per heavy atom. The Balaban J connectivity index is 2.72. The maximum absolute atomic E-state index is 12.3. The first-order valence-electron chi connectivity index (χ1n) is 6.60. The van der Waals surface area contributed by atoms with Crippen LogP contribution in [0.1, 0.15) is 31.7 Å². The van der Waals surface area contributed by atoms with Gasteiger partial charge in [-0.1, -0.05) is 44.2 Å². The Labute approximate surface area is 121 Å². The molecule has 0 saturated heterocycles. The summed E-state index contributed by atoms with van der Waals surface area (Å²) < 4.78 is 26.2. The van der Waals surface area contributed by atoms with Gasteiger partial charge in [-0.25, -0.2) is 12.7 Å². The van der Waals surface area contributed by atoms with E-state index >= 15 is 0 Å². The van der Waals surface area contributed by atoms with Crippen molar-refractivity contribution < 1.29 is 8.42 Å². The highest BCUT2D eigenvalue weighted by atomic mass is 35.5. The van der Waals surface area contributed by atoms with E-state index in [0.717, 1.165) is 5.56 Å². The van der Waals surface area contributed by atoms with Gasteiger partial charge < -0.3 is 0 Å². The summed E-state index contributed by atoms with van der Waals surface area (Å²) in [5.41, 5.74) is 1.06. The van der Waals surface area contributed by atoms with Crippen molar-refractivity contribution >= 4 is 21.6 Å². The zero-order valence-corrected chi connectivity index (χ0v) is 13.1. The normalized spacial score (nSPS) is 13.7. The molecule has 0 amide bonds. The average Bonchev–Trinajstić information content (AvgIpc) is 2.39. The van der Waals surface area contributed by atoms with Gasteiger partial charge in [-0.15, -0.1) is 11.6 Å². The zero-order chi connectivity index (χ0) is 14.3. The van der Waals surface area contributed by atoms with Crippen LogP contribution in [0, 0.1) is 0 Å². The summed E-state index contributed by atoms with van der Waals surface area (Å²) in [6.45, 7) is 4.81. The molecule has 0 aliphatic heterocycles. The van der Waals surface area contributed by atoms with Crippen LogP contribution in [0.5, 0.6) is 0 Å². The Hall–Kier alpha value is -0.580. The largest absolute Gasteiger partial charge is 0.214 e. The van der Waals surface area contributed by atoms with Crippen LogP contribution in [0.2, 0.25) is 0 Å². The van der Waals surface area contributed by atoms with E-state index in [4.69, 9.17) is 11.6 Å². The number of sulfonamides is 1. The van der Waals surface area contributed by atoms with Crippen molar-refractivity contribution in [2.75, 3.05) is 24.7 Å². The molecule has 108 valence electrons. The average molecular weight is 304 g/mol. The van der Waals surface area contributed by atoms with Gasteiger partial charge in [0.2, 0.25) is 10.0 Å². The molecule has 3 nitrogen and oxygen atoms in total. The first kappa shape index (κ1) is 16.5. The molecule has 0 bridgehead atoms. The minimum atomic E-state index is -3.22. The van der Waals surface area contributed by atoms with Crippen LogP contribution in [-0.2, 0) is 10.0 Å². The Kier molecular flexibility index (Phi) is 6.83. The van der Waals surface area contributed by atoms with Crippen LogP contribution in [0.4, 0.5) is 0 Å². The maximum atomic E-state index is 12.3.